The van der Waals surface area contributed by atoms with Crippen LogP contribution >= 0.6 is 11.8 Å². The molecular formula is C12H16F3NS. The van der Waals surface area contributed by atoms with Crippen molar-refractivity contribution in [2.24, 2.45) is 5.73 Å². The van der Waals surface area contributed by atoms with E-state index in [0.717, 1.165) is 17.4 Å². The van der Waals surface area contributed by atoms with Gasteiger partial charge in [0.05, 0.1) is 5.56 Å². The maximum atomic E-state index is 12.6. The molecule has 0 aliphatic carbocycles. The molecule has 5 heteroatoms. The summed E-state index contributed by atoms with van der Waals surface area (Å²) in [5.74, 6) is 0. The molecule has 0 bridgehead atoms. The monoisotopic (exact) mass is 263 g/mol. The molecule has 0 saturated heterocycles. The summed E-state index contributed by atoms with van der Waals surface area (Å²) in [6.45, 7) is 4.00. The van der Waals surface area contributed by atoms with Crippen molar-refractivity contribution in [2.75, 3.05) is 0 Å². The minimum absolute atomic E-state index is 0.0935. The largest absolute Gasteiger partial charge is 0.416 e. The molecule has 0 radical (unpaired) electrons. The lowest BCUT2D eigenvalue weighted by Crippen LogP contribution is -2.12. The number of alkyl halides is 3. The molecule has 1 unspecified atom stereocenters. The molecule has 1 nitrogen and oxygen atoms in total. The average Bonchev–Trinajstić information content (AvgIpc) is 2.27. The second-order valence-electron chi connectivity index (χ2n) is 3.86. The Morgan fingerprint density at radius 2 is 2.00 bits per heavy atom. The minimum atomic E-state index is -4.33. The zero-order valence-corrected chi connectivity index (χ0v) is 10.7. The maximum Gasteiger partial charge on any atom is 0.416 e. The molecule has 0 aliphatic rings. The van der Waals surface area contributed by atoms with Crippen molar-refractivity contribution in [3.8, 4) is 0 Å². The number of benzene rings is 1. The fraction of sp³-hybridized carbons (Fsp3) is 0.500. The van der Waals surface area contributed by atoms with E-state index in [1.54, 1.807) is 17.8 Å². The van der Waals surface area contributed by atoms with Crippen molar-refractivity contribution in [3.63, 3.8) is 0 Å². The quantitative estimate of drug-likeness (QED) is 0.829. The van der Waals surface area contributed by atoms with Crippen LogP contribution in [0.3, 0.4) is 0 Å². The number of nitrogens with two attached hydrogens (primary N) is 1. The first-order chi connectivity index (χ1) is 7.88. The van der Waals surface area contributed by atoms with E-state index in [-0.39, 0.29) is 12.1 Å². The Morgan fingerprint density at radius 3 is 2.47 bits per heavy atom. The summed E-state index contributed by atoms with van der Waals surface area (Å²) < 4.78 is 37.9. The van der Waals surface area contributed by atoms with Crippen LogP contribution in [0.15, 0.2) is 23.1 Å². The van der Waals surface area contributed by atoms with Gasteiger partial charge in [-0.25, -0.2) is 0 Å². The Hall–Kier alpha value is -0.680. The van der Waals surface area contributed by atoms with Gasteiger partial charge < -0.3 is 5.73 Å². The molecule has 0 saturated carbocycles. The van der Waals surface area contributed by atoms with E-state index >= 15 is 0 Å². The van der Waals surface area contributed by atoms with Crippen LogP contribution in [0.4, 0.5) is 13.2 Å². The Kier molecular flexibility index (Phi) is 4.89. The van der Waals surface area contributed by atoms with Gasteiger partial charge in [-0.3, -0.25) is 0 Å². The van der Waals surface area contributed by atoms with Crippen LogP contribution in [0.2, 0.25) is 0 Å². The van der Waals surface area contributed by atoms with E-state index in [9.17, 15) is 13.2 Å². The molecule has 0 spiro atoms. The van der Waals surface area contributed by atoms with Crippen LogP contribution < -0.4 is 5.73 Å². The summed E-state index contributed by atoms with van der Waals surface area (Å²) in [6.07, 6.45) is -3.35. The highest BCUT2D eigenvalue weighted by molar-refractivity contribution is 7.99. The topological polar surface area (TPSA) is 26.0 Å². The predicted molar refractivity (Wildman–Crippen MR) is 64.9 cm³/mol. The van der Waals surface area contributed by atoms with Crippen LogP contribution in [0, 0.1) is 0 Å². The maximum absolute atomic E-state index is 12.6. The van der Waals surface area contributed by atoms with Gasteiger partial charge in [-0.1, -0.05) is 13.8 Å². The van der Waals surface area contributed by atoms with Crippen molar-refractivity contribution in [2.45, 2.75) is 43.1 Å². The molecule has 1 atom stereocenters. The Labute approximate surface area is 104 Å². The van der Waals surface area contributed by atoms with Gasteiger partial charge in [-0.2, -0.15) is 13.2 Å². The van der Waals surface area contributed by atoms with E-state index in [4.69, 9.17) is 5.73 Å². The van der Waals surface area contributed by atoms with Crippen molar-refractivity contribution >= 4 is 11.8 Å². The van der Waals surface area contributed by atoms with E-state index in [2.05, 4.69) is 0 Å². The Morgan fingerprint density at radius 1 is 1.35 bits per heavy atom. The van der Waals surface area contributed by atoms with Crippen molar-refractivity contribution in [1.82, 2.24) is 0 Å². The smallest absolute Gasteiger partial charge is 0.326 e. The number of halogens is 3. The first-order valence-corrected chi connectivity index (χ1v) is 6.33. The highest BCUT2D eigenvalue weighted by Gasteiger charge is 2.32. The van der Waals surface area contributed by atoms with Crippen LogP contribution in [0.5, 0.6) is 0 Å². The van der Waals surface area contributed by atoms with E-state index in [1.807, 2.05) is 13.8 Å². The van der Waals surface area contributed by atoms with E-state index in [1.165, 1.54) is 6.07 Å². The van der Waals surface area contributed by atoms with Gasteiger partial charge in [-0.15, -0.1) is 11.8 Å². The van der Waals surface area contributed by atoms with Gasteiger partial charge in [0.25, 0.3) is 0 Å². The number of rotatable bonds is 4. The lowest BCUT2D eigenvalue weighted by atomic mass is 10.1. The van der Waals surface area contributed by atoms with Gasteiger partial charge in [0.1, 0.15) is 0 Å². The third kappa shape index (κ3) is 3.92. The Bertz CT molecular complexity index is 377. The molecule has 0 heterocycles. The zero-order chi connectivity index (χ0) is 13.1. The highest BCUT2D eigenvalue weighted by atomic mass is 32.2. The predicted octanol–water partition coefficient (Wildman–Crippen LogP) is 4.05. The summed E-state index contributed by atoms with van der Waals surface area (Å²) >= 11 is 1.57. The van der Waals surface area contributed by atoms with Crippen LogP contribution in [-0.2, 0) is 12.7 Å². The molecular weight excluding hydrogens is 247 g/mol. The molecule has 1 aromatic rings. The summed E-state index contributed by atoms with van der Waals surface area (Å²) in [4.78, 5) is 0.841. The van der Waals surface area contributed by atoms with Crippen molar-refractivity contribution in [3.05, 3.63) is 29.3 Å². The van der Waals surface area contributed by atoms with Gasteiger partial charge in [0.2, 0.25) is 0 Å². The summed E-state index contributed by atoms with van der Waals surface area (Å²) in [7, 11) is 0. The summed E-state index contributed by atoms with van der Waals surface area (Å²) in [5.41, 5.74) is 4.90. The van der Waals surface area contributed by atoms with Gasteiger partial charge >= 0.3 is 6.18 Å². The first-order valence-electron chi connectivity index (χ1n) is 5.45. The molecule has 0 aromatic heterocycles. The molecule has 17 heavy (non-hydrogen) atoms. The number of hydrogen-bond donors (Lipinski definition) is 1. The first kappa shape index (κ1) is 14.4. The fourth-order valence-corrected chi connectivity index (χ4v) is 2.39. The summed E-state index contributed by atoms with van der Waals surface area (Å²) in [6, 6.07) is 4.17. The van der Waals surface area contributed by atoms with Gasteiger partial charge in [-0.05, 0) is 30.2 Å². The van der Waals surface area contributed by atoms with E-state index < -0.39 is 11.7 Å². The number of hydrogen-bond acceptors (Lipinski definition) is 2. The average molecular weight is 263 g/mol. The normalized spacial score (nSPS) is 13.8. The van der Waals surface area contributed by atoms with Gasteiger partial charge in [0.15, 0.2) is 0 Å². The SMILES string of the molecule is CCC(C)Sc1ccc(C(F)(F)F)c(CN)c1. The lowest BCUT2D eigenvalue weighted by molar-refractivity contribution is -0.138. The molecule has 0 aliphatic heterocycles. The molecule has 0 fully saturated rings. The zero-order valence-electron chi connectivity index (χ0n) is 9.84. The van der Waals surface area contributed by atoms with Crippen LogP contribution in [0.1, 0.15) is 31.4 Å². The molecule has 96 valence electrons. The van der Waals surface area contributed by atoms with E-state index in [0.29, 0.717) is 5.25 Å². The third-order valence-corrected chi connectivity index (χ3v) is 3.78. The molecule has 0 amide bonds. The third-order valence-electron chi connectivity index (χ3n) is 2.51. The highest BCUT2D eigenvalue weighted by Crippen LogP contribution is 2.35. The van der Waals surface area contributed by atoms with Crippen molar-refractivity contribution < 1.29 is 13.2 Å². The lowest BCUT2D eigenvalue weighted by Gasteiger charge is -2.14. The standard InChI is InChI=1S/C12H16F3NS/c1-3-8(2)17-10-4-5-11(12(13,14)15)9(6-10)7-16/h4-6,8H,3,7,16H2,1-2H3. The Balaban J connectivity index is 3.01. The second-order valence-corrected chi connectivity index (χ2v) is 5.37. The van der Waals surface area contributed by atoms with Crippen LogP contribution in [0.25, 0.3) is 0 Å². The summed E-state index contributed by atoms with van der Waals surface area (Å²) in [5, 5.41) is 0.386. The van der Waals surface area contributed by atoms with Crippen molar-refractivity contribution in [1.29, 1.82) is 0 Å². The number of thioether (sulfide) groups is 1. The van der Waals surface area contributed by atoms with Crippen LogP contribution in [-0.4, -0.2) is 5.25 Å². The van der Waals surface area contributed by atoms with Gasteiger partial charge in [0, 0.05) is 16.7 Å². The second kappa shape index (κ2) is 5.78. The molecule has 2 N–H and O–H groups in total. The fourth-order valence-electron chi connectivity index (χ4n) is 1.40. The molecule has 1 aromatic carbocycles. The molecule has 1 rings (SSSR count). The minimum Gasteiger partial charge on any atom is -0.326 e.